The van der Waals surface area contributed by atoms with E-state index in [1.54, 1.807) is 13.2 Å². The molecule has 5 nitrogen and oxygen atoms in total. The maximum atomic E-state index is 10.2. The van der Waals surface area contributed by atoms with Gasteiger partial charge >= 0.3 is 5.97 Å². The third-order valence-corrected chi connectivity index (χ3v) is 1.11. The molecule has 2 N–H and O–H groups in total. The van der Waals surface area contributed by atoms with Crippen LogP contribution in [0.1, 0.15) is 0 Å². The van der Waals surface area contributed by atoms with Crippen LogP contribution < -0.4 is 5.43 Å². The topological polar surface area (TPSA) is 55.8 Å². The van der Waals surface area contributed by atoms with Crippen LogP contribution in [0.25, 0.3) is 0 Å². The van der Waals surface area contributed by atoms with Gasteiger partial charge in [-0.3, -0.25) is 9.80 Å². The molecule has 55 valence electrons. The number of carbonyl (C=O) groups is 1. The van der Waals surface area contributed by atoms with E-state index in [0.29, 0.717) is 0 Å². The number of aliphatic carboxylic acids is 1. The lowest BCUT2D eigenvalue weighted by atomic mass is 10.7. The van der Waals surface area contributed by atoms with E-state index in [-0.39, 0.29) is 6.54 Å². The number of hydrogen-bond acceptors (Lipinski definition) is 4. The number of hydrogen-bond donors (Lipinski definition) is 2. The van der Waals surface area contributed by atoms with E-state index in [4.69, 9.17) is 5.11 Å². The molecule has 1 aliphatic heterocycles. The minimum Gasteiger partial charge on any atom is -0.480 e. The van der Waals surface area contributed by atoms with Gasteiger partial charge in [-0.05, 0) is 0 Å². The molecular formula is C5H8N3O2. The summed E-state index contributed by atoms with van der Waals surface area (Å²) in [5, 5.41) is 11.3. The Morgan fingerprint density at radius 3 is 3.00 bits per heavy atom. The first-order valence-corrected chi connectivity index (χ1v) is 2.77. The van der Waals surface area contributed by atoms with Gasteiger partial charge in [0.2, 0.25) is 0 Å². The van der Waals surface area contributed by atoms with Crippen LogP contribution >= 0.6 is 0 Å². The first-order valence-electron chi connectivity index (χ1n) is 2.77. The highest BCUT2D eigenvalue weighted by molar-refractivity contribution is 5.68. The van der Waals surface area contributed by atoms with Crippen LogP contribution in [0.2, 0.25) is 0 Å². The summed E-state index contributed by atoms with van der Waals surface area (Å²) in [4.78, 5) is 10.2. The molecule has 0 aromatic carbocycles. The molecule has 0 bridgehead atoms. The zero-order chi connectivity index (χ0) is 7.56. The number of rotatable bonds is 2. The van der Waals surface area contributed by atoms with Crippen LogP contribution in [0.15, 0.2) is 6.20 Å². The molecule has 0 atom stereocenters. The molecule has 0 unspecified atom stereocenters. The molecule has 0 saturated carbocycles. The summed E-state index contributed by atoms with van der Waals surface area (Å²) in [6, 6.07) is 0. The second-order valence-electron chi connectivity index (χ2n) is 1.88. The first kappa shape index (κ1) is 6.88. The molecule has 1 heterocycles. The van der Waals surface area contributed by atoms with Gasteiger partial charge in [0, 0.05) is 13.2 Å². The van der Waals surface area contributed by atoms with Crippen molar-refractivity contribution in [3.05, 3.63) is 12.4 Å². The highest BCUT2D eigenvalue weighted by Crippen LogP contribution is 1.95. The molecule has 1 radical (unpaired) electrons. The number of nitrogens with one attached hydrogen (secondary N) is 1. The largest absolute Gasteiger partial charge is 0.480 e. The fourth-order valence-electron chi connectivity index (χ4n) is 0.633. The summed E-state index contributed by atoms with van der Waals surface area (Å²) in [5.41, 5.74) is 2.68. The molecule has 0 saturated heterocycles. The standard InChI is InChI=1S/C5H8N3O2/c1-7-3-2-6-8(7)4-5(9)10/h2,6H,4H2,1H3,(H,9,10). The lowest BCUT2D eigenvalue weighted by Gasteiger charge is -2.21. The van der Waals surface area contributed by atoms with E-state index in [1.807, 2.05) is 0 Å². The van der Waals surface area contributed by atoms with Gasteiger partial charge in [-0.2, -0.15) is 0 Å². The highest BCUT2D eigenvalue weighted by atomic mass is 16.4. The number of nitrogens with zero attached hydrogens (tertiary/aromatic N) is 2. The molecule has 0 aromatic rings. The SMILES string of the molecule is CN1[C]=CNN1CC(=O)O. The molecule has 0 fully saturated rings. The molecule has 5 heteroatoms. The maximum absolute atomic E-state index is 10.2. The zero-order valence-corrected chi connectivity index (χ0v) is 5.53. The number of hydrazine groups is 2. The fourth-order valence-corrected chi connectivity index (χ4v) is 0.633. The summed E-state index contributed by atoms with van der Waals surface area (Å²) in [6.45, 7) is -0.0694. The lowest BCUT2D eigenvalue weighted by Crippen LogP contribution is -2.42. The van der Waals surface area contributed by atoms with Crippen molar-refractivity contribution in [2.45, 2.75) is 0 Å². The Morgan fingerprint density at radius 2 is 2.60 bits per heavy atom. The molecule has 1 aliphatic rings. The van der Waals surface area contributed by atoms with Crippen molar-refractivity contribution in [2.75, 3.05) is 13.6 Å². The van der Waals surface area contributed by atoms with Gasteiger partial charge in [0.05, 0.1) is 6.20 Å². The molecule has 0 aromatic heterocycles. The zero-order valence-electron chi connectivity index (χ0n) is 5.53. The highest BCUT2D eigenvalue weighted by Gasteiger charge is 2.14. The van der Waals surface area contributed by atoms with Crippen molar-refractivity contribution in [2.24, 2.45) is 0 Å². The molecular weight excluding hydrogens is 134 g/mol. The minimum absolute atomic E-state index is 0.0694. The maximum Gasteiger partial charge on any atom is 0.321 e. The van der Waals surface area contributed by atoms with E-state index in [1.165, 1.54) is 10.1 Å². The molecule has 10 heavy (non-hydrogen) atoms. The van der Waals surface area contributed by atoms with Crippen molar-refractivity contribution in [1.82, 2.24) is 15.6 Å². The fraction of sp³-hybridized carbons (Fsp3) is 0.400. The van der Waals surface area contributed by atoms with Gasteiger partial charge in [0.15, 0.2) is 0 Å². The van der Waals surface area contributed by atoms with Crippen molar-refractivity contribution in [3.8, 4) is 0 Å². The van der Waals surface area contributed by atoms with Crippen LogP contribution in [0.5, 0.6) is 0 Å². The van der Waals surface area contributed by atoms with E-state index < -0.39 is 5.97 Å². The summed E-state index contributed by atoms with van der Waals surface area (Å²) in [7, 11) is 1.71. The molecule has 0 amide bonds. The third kappa shape index (κ3) is 1.38. The summed E-state index contributed by atoms with van der Waals surface area (Å²) in [6.07, 6.45) is 4.28. The Labute approximate surface area is 58.5 Å². The van der Waals surface area contributed by atoms with Crippen LogP contribution in [0, 0.1) is 6.20 Å². The van der Waals surface area contributed by atoms with Gasteiger partial charge in [-0.15, -0.1) is 5.12 Å². The molecule has 0 spiro atoms. The van der Waals surface area contributed by atoms with Crippen LogP contribution in [-0.4, -0.2) is 34.8 Å². The van der Waals surface area contributed by atoms with Gasteiger partial charge < -0.3 is 10.5 Å². The Balaban J connectivity index is 2.37. The van der Waals surface area contributed by atoms with Crippen molar-refractivity contribution in [3.63, 3.8) is 0 Å². The van der Waals surface area contributed by atoms with Crippen LogP contribution in [0.3, 0.4) is 0 Å². The monoisotopic (exact) mass is 142 g/mol. The second-order valence-corrected chi connectivity index (χ2v) is 1.88. The number of carboxylic acid groups (broad SMARTS) is 1. The van der Waals surface area contributed by atoms with Gasteiger partial charge in [0.1, 0.15) is 6.54 Å². The summed E-state index contributed by atoms with van der Waals surface area (Å²) < 4.78 is 0. The van der Waals surface area contributed by atoms with Gasteiger partial charge in [0.25, 0.3) is 0 Å². The summed E-state index contributed by atoms with van der Waals surface area (Å²) >= 11 is 0. The van der Waals surface area contributed by atoms with E-state index in [9.17, 15) is 4.79 Å². The Kier molecular flexibility index (Phi) is 1.77. The van der Waals surface area contributed by atoms with Crippen LogP contribution in [0.4, 0.5) is 0 Å². The first-order chi connectivity index (χ1) is 4.70. The Hall–Kier alpha value is -1.23. The third-order valence-electron chi connectivity index (χ3n) is 1.11. The Bertz CT molecular complexity index is 168. The average Bonchev–Trinajstić information content (AvgIpc) is 2.15. The summed E-state index contributed by atoms with van der Waals surface area (Å²) in [5.74, 6) is -0.878. The van der Waals surface area contributed by atoms with Crippen LogP contribution in [-0.2, 0) is 4.79 Å². The van der Waals surface area contributed by atoms with Crippen molar-refractivity contribution < 1.29 is 9.90 Å². The van der Waals surface area contributed by atoms with Crippen molar-refractivity contribution in [1.29, 1.82) is 0 Å². The lowest BCUT2D eigenvalue weighted by molar-refractivity contribution is -0.142. The van der Waals surface area contributed by atoms with E-state index in [2.05, 4.69) is 11.6 Å². The predicted octanol–water partition coefficient (Wildman–Crippen LogP) is -0.988. The van der Waals surface area contributed by atoms with Gasteiger partial charge in [-0.25, -0.2) is 0 Å². The molecule has 0 aliphatic carbocycles. The minimum atomic E-state index is -0.878. The number of carboxylic acids is 1. The Morgan fingerprint density at radius 1 is 1.90 bits per heavy atom. The second kappa shape index (κ2) is 2.57. The predicted molar refractivity (Wildman–Crippen MR) is 33.1 cm³/mol. The quantitative estimate of drug-likeness (QED) is 0.518. The van der Waals surface area contributed by atoms with E-state index >= 15 is 0 Å². The smallest absolute Gasteiger partial charge is 0.321 e. The normalized spacial score (nSPS) is 17.5. The van der Waals surface area contributed by atoms with Crippen molar-refractivity contribution >= 4 is 5.97 Å². The van der Waals surface area contributed by atoms with Gasteiger partial charge in [-0.1, -0.05) is 0 Å². The molecule has 1 rings (SSSR count). The van der Waals surface area contributed by atoms with E-state index in [0.717, 1.165) is 0 Å². The average molecular weight is 142 g/mol.